The normalized spacial score (nSPS) is 25.3. The molecule has 1 amide bonds. The first-order chi connectivity index (χ1) is 15.5. The SMILES string of the molecule is CC(=O)NC1C(Nc2ccc(S(=O)(=O)Nc3cc(C)nc(C)n3)cc2)OC(CO)C(O)C1O. The van der Waals surface area contributed by atoms with Gasteiger partial charge in [-0.3, -0.25) is 9.52 Å². The Labute approximate surface area is 191 Å². The van der Waals surface area contributed by atoms with Gasteiger partial charge in [-0.25, -0.2) is 18.4 Å². The number of carbonyl (C=O) groups is 1. The zero-order chi connectivity index (χ0) is 24.3. The summed E-state index contributed by atoms with van der Waals surface area (Å²) in [6.45, 7) is 4.09. The van der Waals surface area contributed by atoms with Gasteiger partial charge in [0, 0.05) is 24.4 Å². The molecule has 5 atom stereocenters. The molecule has 180 valence electrons. The lowest BCUT2D eigenvalue weighted by Crippen LogP contribution is -2.65. The third kappa shape index (κ3) is 5.94. The van der Waals surface area contributed by atoms with Crippen LogP contribution in [0.4, 0.5) is 11.5 Å². The summed E-state index contributed by atoms with van der Waals surface area (Å²) in [6.07, 6.45) is -4.89. The molecule has 0 spiro atoms. The number of amides is 1. The van der Waals surface area contributed by atoms with Gasteiger partial charge >= 0.3 is 0 Å². The summed E-state index contributed by atoms with van der Waals surface area (Å²) in [5, 5.41) is 35.3. The summed E-state index contributed by atoms with van der Waals surface area (Å²) in [7, 11) is -3.91. The molecule has 12 nitrogen and oxygen atoms in total. The second-order valence-corrected chi connectivity index (χ2v) is 9.38. The molecule has 33 heavy (non-hydrogen) atoms. The van der Waals surface area contributed by atoms with Crippen LogP contribution in [0, 0.1) is 13.8 Å². The lowest BCUT2D eigenvalue weighted by molar-refractivity contribution is -0.188. The van der Waals surface area contributed by atoms with Crippen LogP contribution in [0.3, 0.4) is 0 Å². The molecule has 3 rings (SSSR count). The van der Waals surface area contributed by atoms with Crippen LogP contribution in [0.25, 0.3) is 0 Å². The summed E-state index contributed by atoms with van der Waals surface area (Å²) in [6, 6.07) is 6.16. The highest BCUT2D eigenvalue weighted by Crippen LogP contribution is 2.24. The summed E-state index contributed by atoms with van der Waals surface area (Å²) < 4.78 is 33.4. The zero-order valence-corrected chi connectivity index (χ0v) is 19.1. The van der Waals surface area contributed by atoms with E-state index in [4.69, 9.17) is 4.74 Å². The van der Waals surface area contributed by atoms with Crippen LogP contribution in [0.1, 0.15) is 18.4 Å². The van der Waals surface area contributed by atoms with Gasteiger partial charge in [0.05, 0.1) is 11.5 Å². The summed E-state index contributed by atoms with van der Waals surface area (Å²) >= 11 is 0. The zero-order valence-electron chi connectivity index (χ0n) is 18.3. The summed E-state index contributed by atoms with van der Waals surface area (Å²) in [5.74, 6) is 0.132. The number of hydrogen-bond donors (Lipinski definition) is 6. The van der Waals surface area contributed by atoms with E-state index in [9.17, 15) is 28.5 Å². The van der Waals surface area contributed by atoms with Crippen LogP contribution in [0.5, 0.6) is 0 Å². The summed E-state index contributed by atoms with van der Waals surface area (Å²) in [4.78, 5) is 19.7. The van der Waals surface area contributed by atoms with E-state index in [-0.39, 0.29) is 10.7 Å². The molecular weight excluding hydrogens is 454 g/mol. The first-order valence-electron chi connectivity index (χ1n) is 10.1. The molecule has 1 aromatic carbocycles. The molecule has 1 aromatic heterocycles. The first-order valence-corrected chi connectivity index (χ1v) is 11.6. The maximum Gasteiger partial charge on any atom is 0.263 e. The number of aryl methyl sites for hydroxylation is 2. The van der Waals surface area contributed by atoms with E-state index in [1.54, 1.807) is 13.8 Å². The monoisotopic (exact) mass is 481 g/mol. The average Bonchev–Trinajstić information content (AvgIpc) is 2.72. The minimum absolute atomic E-state index is 0.0198. The standard InChI is InChI=1S/C20H27N5O7S/c1-10-8-16(22-11(2)21-10)25-33(30,31)14-6-4-13(5-7-14)24-20-17(23-12(3)27)19(29)18(28)15(9-26)32-20/h4-8,15,17-20,24,26,28-29H,9H2,1-3H3,(H,23,27)(H,21,22,25). The molecule has 0 bridgehead atoms. The van der Waals surface area contributed by atoms with Crippen molar-refractivity contribution >= 4 is 27.4 Å². The van der Waals surface area contributed by atoms with Crippen molar-refractivity contribution in [3.63, 3.8) is 0 Å². The van der Waals surface area contributed by atoms with Gasteiger partial charge in [0.15, 0.2) is 6.23 Å². The number of sulfonamides is 1. The quantitative estimate of drug-likeness (QED) is 0.294. The molecule has 1 aliphatic heterocycles. The largest absolute Gasteiger partial charge is 0.394 e. The highest BCUT2D eigenvalue weighted by molar-refractivity contribution is 7.92. The van der Waals surface area contributed by atoms with Crippen LogP contribution < -0.4 is 15.4 Å². The smallest absolute Gasteiger partial charge is 0.263 e. The predicted molar refractivity (Wildman–Crippen MR) is 118 cm³/mol. The third-order valence-electron chi connectivity index (χ3n) is 4.97. The fourth-order valence-corrected chi connectivity index (χ4v) is 4.49. The topological polar surface area (TPSA) is 183 Å². The van der Waals surface area contributed by atoms with Gasteiger partial charge in [-0.05, 0) is 38.1 Å². The Morgan fingerprint density at radius 1 is 1.12 bits per heavy atom. The van der Waals surface area contributed by atoms with Crippen molar-refractivity contribution in [1.82, 2.24) is 15.3 Å². The van der Waals surface area contributed by atoms with Gasteiger partial charge in [0.25, 0.3) is 10.0 Å². The molecule has 13 heteroatoms. The van der Waals surface area contributed by atoms with E-state index >= 15 is 0 Å². The van der Waals surface area contributed by atoms with Crippen molar-refractivity contribution in [2.24, 2.45) is 0 Å². The van der Waals surface area contributed by atoms with Crippen molar-refractivity contribution in [1.29, 1.82) is 0 Å². The minimum atomic E-state index is -3.91. The molecule has 5 unspecified atom stereocenters. The maximum absolute atomic E-state index is 12.7. The van der Waals surface area contributed by atoms with E-state index < -0.39 is 53.1 Å². The fourth-order valence-electron chi connectivity index (χ4n) is 3.50. The van der Waals surface area contributed by atoms with Crippen LogP contribution in [-0.2, 0) is 19.6 Å². The predicted octanol–water partition coefficient (Wildman–Crippen LogP) is -0.750. The fraction of sp³-hybridized carbons (Fsp3) is 0.450. The van der Waals surface area contributed by atoms with Crippen molar-refractivity contribution < 1.29 is 33.3 Å². The highest BCUT2D eigenvalue weighted by Gasteiger charge is 2.44. The van der Waals surface area contributed by atoms with E-state index in [0.29, 0.717) is 17.2 Å². The van der Waals surface area contributed by atoms with Gasteiger partial charge in [-0.2, -0.15) is 0 Å². The molecule has 0 saturated carbocycles. The molecule has 1 fully saturated rings. The minimum Gasteiger partial charge on any atom is -0.394 e. The number of aliphatic hydroxyl groups excluding tert-OH is 3. The van der Waals surface area contributed by atoms with E-state index in [1.165, 1.54) is 37.3 Å². The number of nitrogens with one attached hydrogen (secondary N) is 3. The summed E-state index contributed by atoms with van der Waals surface area (Å²) in [5.41, 5.74) is 1.04. The van der Waals surface area contributed by atoms with E-state index in [0.717, 1.165) is 0 Å². The van der Waals surface area contributed by atoms with Crippen molar-refractivity contribution in [3.8, 4) is 0 Å². The molecule has 0 radical (unpaired) electrons. The first kappa shape index (κ1) is 24.8. The molecule has 1 saturated heterocycles. The van der Waals surface area contributed by atoms with E-state index in [2.05, 4.69) is 25.3 Å². The number of carbonyl (C=O) groups excluding carboxylic acids is 1. The lowest BCUT2D eigenvalue weighted by Gasteiger charge is -2.43. The van der Waals surface area contributed by atoms with Crippen molar-refractivity contribution in [3.05, 3.63) is 41.9 Å². The number of aromatic nitrogens is 2. The Morgan fingerprint density at radius 3 is 2.36 bits per heavy atom. The Kier molecular flexibility index (Phi) is 7.49. The number of ether oxygens (including phenoxy) is 1. The number of hydrogen-bond acceptors (Lipinski definition) is 10. The number of nitrogens with zero attached hydrogens (tertiary/aromatic N) is 2. The van der Waals surface area contributed by atoms with Gasteiger partial charge in [-0.15, -0.1) is 0 Å². The number of anilines is 2. The van der Waals surface area contributed by atoms with Crippen LogP contribution in [0.15, 0.2) is 35.2 Å². The van der Waals surface area contributed by atoms with Crippen molar-refractivity contribution in [2.75, 3.05) is 16.6 Å². The molecule has 2 aromatic rings. The Morgan fingerprint density at radius 2 is 1.79 bits per heavy atom. The number of rotatable bonds is 7. The van der Waals surface area contributed by atoms with Gasteiger partial charge in [-0.1, -0.05) is 0 Å². The van der Waals surface area contributed by atoms with Crippen LogP contribution >= 0.6 is 0 Å². The van der Waals surface area contributed by atoms with Gasteiger partial charge in [0.2, 0.25) is 5.91 Å². The second-order valence-electron chi connectivity index (χ2n) is 7.70. The van der Waals surface area contributed by atoms with Gasteiger partial charge in [0.1, 0.15) is 36.0 Å². The second kappa shape index (κ2) is 9.97. The molecule has 6 N–H and O–H groups in total. The Hall–Kier alpha value is -2.84. The molecular formula is C20H27N5O7S. The highest BCUT2D eigenvalue weighted by atomic mass is 32.2. The number of benzene rings is 1. The molecule has 1 aliphatic rings. The third-order valence-corrected chi connectivity index (χ3v) is 6.35. The van der Waals surface area contributed by atoms with Crippen LogP contribution in [0.2, 0.25) is 0 Å². The van der Waals surface area contributed by atoms with Crippen molar-refractivity contribution in [2.45, 2.75) is 56.2 Å². The Balaban J connectivity index is 1.77. The van der Waals surface area contributed by atoms with Gasteiger partial charge < -0.3 is 30.7 Å². The molecule has 0 aliphatic carbocycles. The number of aliphatic hydroxyl groups is 3. The molecule has 2 heterocycles. The van der Waals surface area contributed by atoms with E-state index in [1.807, 2.05) is 0 Å². The Bertz CT molecular complexity index is 1080. The maximum atomic E-state index is 12.7. The lowest BCUT2D eigenvalue weighted by atomic mass is 9.96. The average molecular weight is 482 g/mol. The van der Waals surface area contributed by atoms with Crippen LogP contribution in [-0.4, -0.2) is 76.8 Å².